The zero-order valence-corrected chi connectivity index (χ0v) is 15.3. The number of aromatic nitrogens is 4. The number of carbonyl (C=O) groups is 1. The number of amides is 1. The molecule has 1 saturated heterocycles. The number of nitrogens with one attached hydrogen (secondary N) is 1. The number of benzene rings is 1. The van der Waals surface area contributed by atoms with Crippen LogP contribution in [-0.2, 0) is 4.74 Å². The van der Waals surface area contributed by atoms with Gasteiger partial charge in [-0.3, -0.25) is 9.36 Å². The Hall–Kier alpha value is -3.12. The lowest BCUT2D eigenvalue weighted by Gasteiger charge is -2.16. The topological polar surface area (TPSA) is 152 Å². The third-order valence-corrected chi connectivity index (χ3v) is 4.73. The second-order valence-electron chi connectivity index (χ2n) is 6.46. The Morgan fingerprint density at radius 1 is 1.21 bits per heavy atom. The van der Waals surface area contributed by atoms with E-state index in [2.05, 4.69) is 20.3 Å². The van der Waals surface area contributed by atoms with Crippen LogP contribution >= 0.6 is 0 Å². The maximum Gasteiger partial charge on any atom is 0.256 e. The lowest BCUT2D eigenvalue weighted by molar-refractivity contribution is -0.0511. The van der Waals surface area contributed by atoms with Crippen molar-refractivity contribution in [3.05, 3.63) is 42.5 Å². The summed E-state index contributed by atoms with van der Waals surface area (Å²) in [6, 6.07) is 6.57. The summed E-state index contributed by atoms with van der Waals surface area (Å²) in [6.45, 7) is -0.445. The van der Waals surface area contributed by atoms with E-state index in [1.807, 2.05) is 0 Å². The molecule has 1 aromatic carbocycles. The molecule has 0 aliphatic carbocycles. The van der Waals surface area contributed by atoms with Crippen LogP contribution in [0.2, 0.25) is 0 Å². The van der Waals surface area contributed by atoms with Crippen LogP contribution in [0, 0.1) is 0 Å². The van der Waals surface area contributed by atoms with E-state index in [0.717, 1.165) is 0 Å². The van der Waals surface area contributed by atoms with Gasteiger partial charge in [-0.1, -0.05) is 0 Å². The number of anilines is 1. The Balaban J connectivity index is 1.61. The highest BCUT2D eigenvalue weighted by molar-refractivity contribution is 6.06. The fraction of sp³-hybridized carbons (Fsp3) is 0.333. The number of carbonyl (C=O) groups excluding carboxylic acids is 1. The first-order chi connectivity index (χ1) is 14.0. The van der Waals surface area contributed by atoms with Crippen molar-refractivity contribution in [1.29, 1.82) is 0 Å². The predicted octanol–water partition coefficient (Wildman–Crippen LogP) is -0.301. The molecule has 3 unspecified atom stereocenters. The first-order valence-corrected chi connectivity index (χ1v) is 8.79. The Bertz CT molecular complexity index is 1020. The summed E-state index contributed by atoms with van der Waals surface area (Å²) < 4.78 is 12.0. The minimum atomic E-state index is -1.28. The summed E-state index contributed by atoms with van der Waals surface area (Å²) in [7, 11) is 1.54. The maximum atomic E-state index is 12.5. The van der Waals surface area contributed by atoms with Gasteiger partial charge in [-0.2, -0.15) is 0 Å². The fourth-order valence-electron chi connectivity index (χ4n) is 3.16. The van der Waals surface area contributed by atoms with Crippen LogP contribution in [-0.4, -0.2) is 72.8 Å². The molecule has 0 saturated carbocycles. The van der Waals surface area contributed by atoms with Crippen LogP contribution in [0.15, 0.2) is 36.9 Å². The first-order valence-electron chi connectivity index (χ1n) is 8.79. The van der Waals surface area contributed by atoms with Gasteiger partial charge in [0.1, 0.15) is 30.4 Å². The summed E-state index contributed by atoms with van der Waals surface area (Å²) in [5, 5.41) is 32.2. The fourth-order valence-corrected chi connectivity index (χ4v) is 3.16. The molecule has 0 spiro atoms. The van der Waals surface area contributed by atoms with Crippen molar-refractivity contribution in [3.63, 3.8) is 0 Å². The summed E-state index contributed by atoms with van der Waals surface area (Å²) in [4.78, 5) is 25.0. The maximum absolute atomic E-state index is 12.5. The highest BCUT2D eigenvalue weighted by atomic mass is 16.6. The molecular weight excluding hydrogens is 382 g/mol. The van der Waals surface area contributed by atoms with E-state index in [9.17, 15) is 20.1 Å². The Morgan fingerprint density at radius 3 is 2.62 bits per heavy atom. The van der Waals surface area contributed by atoms with E-state index < -0.39 is 37.1 Å². The highest BCUT2D eigenvalue weighted by Crippen LogP contribution is 2.32. The normalized spacial score (nSPS) is 24.0. The molecule has 11 nitrogen and oxygen atoms in total. The lowest BCUT2D eigenvalue weighted by atomic mass is 10.1. The van der Waals surface area contributed by atoms with Crippen LogP contribution in [0.5, 0.6) is 5.75 Å². The summed E-state index contributed by atoms with van der Waals surface area (Å²) in [5.41, 5.74) is 0.979. The van der Waals surface area contributed by atoms with Crippen molar-refractivity contribution in [2.75, 3.05) is 19.0 Å². The zero-order chi connectivity index (χ0) is 20.5. The number of nitrogens with zero attached hydrogens (tertiary/aromatic N) is 4. The number of fused-ring (bicyclic) bond motifs is 1. The van der Waals surface area contributed by atoms with Crippen LogP contribution in [0.3, 0.4) is 0 Å². The van der Waals surface area contributed by atoms with Gasteiger partial charge in [-0.25, -0.2) is 15.0 Å². The van der Waals surface area contributed by atoms with E-state index in [1.54, 1.807) is 24.3 Å². The van der Waals surface area contributed by atoms with Gasteiger partial charge in [-0.05, 0) is 24.3 Å². The smallest absolute Gasteiger partial charge is 0.256 e. The Labute approximate surface area is 164 Å². The molecule has 4 N–H and O–H groups in total. The van der Waals surface area contributed by atoms with E-state index in [0.29, 0.717) is 17.0 Å². The molecule has 3 heterocycles. The Kier molecular flexibility index (Phi) is 5.11. The van der Waals surface area contributed by atoms with Gasteiger partial charge in [0.15, 0.2) is 23.2 Å². The number of rotatable bonds is 5. The molecule has 1 amide bonds. The van der Waals surface area contributed by atoms with Gasteiger partial charge in [0.05, 0.1) is 20.0 Å². The van der Waals surface area contributed by atoms with Gasteiger partial charge in [0.2, 0.25) is 0 Å². The molecule has 1 aliphatic rings. The van der Waals surface area contributed by atoms with E-state index in [4.69, 9.17) is 9.47 Å². The van der Waals surface area contributed by atoms with Crippen molar-refractivity contribution in [1.82, 2.24) is 19.5 Å². The second-order valence-corrected chi connectivity index (χ2v) is 6.46. The SMILES string of the molecule is COc1ccc(C(=O)Nc2ncnc3c2ncn3[C@@H]2OC(CO)C(O)C2O)cc1. The molecule has 2 aromatic heterocycles. The van der Waals surface area contributed by atoms with Gasteiger partial charge in [-0.15, -0.1) is 0 Å². The number of imidazole rings is 1. The van der Waals surface area contributed by atoms with Crippen LogP contribution < -0.4 is 10.1 Å². The quantitative estimate of drug-likeness (QED) is 0.451. The van der Waals surface area contributed by atoms with Gasteiger partial charge in [0, 0.05) is 5.56 Å². The minimum Gasteiger partial charge on any atom is -0.497 e. The molecule has 152 valence electrons. The number of aliphatic hydroxyl groups excluding tert-OH is 3. The van der Waals surface area contributed by atoms with Crippen molar-refractivity contribution in [2.24, 2.45) is 0 Å². The van der Waals surface area contributed by atoms with Crippen molar-refractivity contribution < 1.29 is 29.6 Å². The minimum absolute atomic E-state index is 0.182. The molecule has 4 rings (SSSR count). The first kappa shape index (κ1) is 19.2. The Morgan fingerprint density at radius 2 is 1.97 bits per heavy atom. The second kappa shape index (κ2) is 7.72. The molecule has 0 bridgehead atoms. The van der Waals surface area contributed by atoms with Gasteiger partial charge < -0.3 is 30.1 Å². The number of hydrogen-bond donors (Lipinski definition) is 4. The monoisotopic (exact) mass is 401 g/mol. The van der Waals surface area contributed by atoms with Crippen LogP contribution in [0.1, 0.15) is 16.6 Å². The number of hydrogen-bond acceptors (Lipinski definition) is 9. The molecule has 4 atom stereocenters. The molecule has 0 radical (unpaired) electrons. The molecule has 1 aliphatic heterocycles. The highest BCUT2D eigenvalue weighted by Gasteiger charge is 2.44. The van der Waals surface area contributed by atoms with E-state index in [-0.39, 0.29) is 11.3 Å². The molecule has 29 heavy (non-hydrogen) atoms. The standard InChI is InChI=1S/C18H19N5O6/c1-28-10-4-2-9(3-5-10)17(27)22-15-12-16(20-7-19-15)23(8-21-12)18-14(26)13(25)11(6-24)29-18/h2-5,7-8,11,13-14,18,24-26H,6H2,1H3,(H,19,20,22,27)/t11?,13?,14?,18-/m1/s1. The average Bonchev–Trinajstić information content (AvgIpc) is 3.30. The van der Waals surface area contributed by atoms with Gasteiger partial charge in [0.25, 0.3) is 5.91 Å². The molecular formula is C18H19N5O6. The predicted molar refractivity (Wildman–Crippen MR) is 99.3 cm³/mol. The van der Waals surface area contributed by atoms with E-state index in [1.165, 1.54) is 24.3 Å². The molecule has 11 heteroatoms. The third kappa shape index (κ3) is 3.40. The molecule has 1 fully saturated rings. The van der Waals surface area contributed by atoms with E-state index >= 15 is 0 Å². The summed E-state index contributed by atoms with van der Waals surface area (Å²) in [6.07, 6.45) is -1.85. The van der Waals surface area contributed by atoms with Crippen molar-refractivity contribution in [3.8, 4) is 5.75 Å². The zero-order valence-electron chi connectivity index (χ0n) is 15.3. The average molecular weight is 401 g/mol. The summed E-state index contributed by atoms with van der Waals surface area (Å²) >= 11 is 0. The molecule has 3 aromatic rings. The lowest BCUT2D eigenvalue weighted by Crippen LogP contribution is -2.33. The third-order valence-electron chi connectivity index (χ3n) is 4.73. The van der Waals surface area contributed by atoms with Crippen molar-refractivity contribution in [2.45, 2.75) is 24.5 Å². The summed E-state index contributed by atoms with van der Waals surface area (Å²) in [5.74, 6) is 0.416. The number of ether oxygens (including phenoxy) is 2. The van der Waals surface area contributed by atoms with Crippen LogP contribution in [0.4, 0.5) is 5.82 Å². The van der Waals surface area contributed by atoms with Crippen molar-refractivity contribution >= 4 is 22.9 Å². The number of aliphatic hydroxyl groups is 3. The van der Waals surface area contributed by atoms with Crippen LogP contribution in [0.25, 0.3) is 11.2 Å². The number of methoxy groups -OCH3 is 1. The largest absolute Gasteiger partial charge is 0.497 e. The van der Waals surface area contributed by atoms with Gasteiger partial charge >= 0.3 is 0 Å².